The minimum atomic E-state index is 0.700. The first kappa shape index (κ1) is 11.1. The summed E-state index contributed by atoms with van der Waals surface area (Å²) in [6.07, 6.45) is 11.2. The highest BCUT2D eigenvalue weighted by Crippen LogP contribution is 2.26. The number of nitrogens with one attached hydrogen (secondary N) is 1. The third-order valence-corrected chi connectivity index (χ3v) is 4.23. The van der Waals surface area contributed by atoms with E-state index in [0.29, 0.717) is 6.04 Å². The minimum absolute atomic E-state index is 0.700. The van der Waals surface area contributed by atoms with E-state index in [1.54, 1.807) is 6.26 Å². The standard InChI is InChI=1S/C12H19NOS/c1-15-12-4-2-3-11(7-12)13-8-10-5-6-14-9-10/h5-6,9,11-13H,2-4,7-8H2,1H3. The fourth-order valence-electron chi connectivity index (χ4n) is 2.20. The van der Waals surface area contributed by atoms with Gasteiger partial charge in [-0.05, 0) is 31.6 Å². The van der Waals surface area contributed by atoms with E-state index in [-0.39, 0.29) is 0 Å². The molecule has 0 saturated heterocycles. The number of thioether (sulfide) groups is 1. The molecule has 2 nitrogen and oxygen atoms in total. The summed E-state index contributed by atoms with van der Waals surface area (Å²) in [5.41, 5.74) is 1.25. The van der Waals surface area contributed by atoms with E-state index in [2.05, 4.69) is 11.6 Å². The minimum Gasteiger partial charge on any atom is -0.472 e. The van der Waals surface area contributed by atoms with E-state index in [0.717, 1.165) is 11.8 Å². The van der Waals surface area contributed by atoms with Crippen LogP contribution < -0.4 is 5.32 Å². The normalized spacial score (nSPS) is 26.7. The third kappa shape index (κ3) is 3.28. The highest BCUT2D eigenvalue weighted by Gasteiger charge is 2.20. The number of rotatable bonds is 4. The lowest BCUT2D eigenvalue weighted by Crippen LogP contribution is -2.34. The zero-order valence-corrected chi connectivity index (χ0v) is 10.1. The molecule has 0 bridgehead atoms. The molecule has 1 N–H and O–H groups in total. The molecule has 1 aromatic rings. The van der Waals surface area contributed by atoms with Gasteiger partial charge >= 0.3 is 0 Å². The van der Waals surface area contributed by atoms with Crippen molar-refractivity contribution in [3.05, 3.63) is 24.2 Å². The first-order chi connectivity index (χ1) is 7.38. The van der Waals surface area contributed by atoms with Gasteiger partial charge in [-0.3, -0.25) is 0 Å². The lowest BCUT2D eigenvalue weighted by atomic mass is 9.95. The SMILES string of the molecule is CSC1CCCC(NCc2ccoc2)C1. The van der Waals surface area contributed by atoms with Crippen LogP contribution in [0.15, 0.2) is 23.0 Å². The molecule has 84 valence electrons. The van der Waals surface area contributed by atoms with Gasteiger partial charge in [0.1, 0.15) is 0 Å². The monoisotopic (exact) mass is 225 g/mol. The van der Waals surface area contributed by atoms with Crippen LogP contribution in [0.1, 0.15) is 31.2 Å². The summed E-state index contributed by atoms with van der Waals surface area (Å²) in [6, 6.07) is 2.73. The Bertz CT molecular complexity index is 273. The molecule has 1 aliphatic carbocycles. The molecule has 15 heavy (non-hydrogen) atoms. The smallest absolute Gasteiger partial charge is 0.0947 e. The van der Waals surface area contributed by atoms with Gasteiger partial charge in [-0.25, -0.2) is 0 Å². The maximum Gasteiger partial charge on any atom is 0.0947 e. The van der Waals surface area contributed by atoms with Gasteiger partial charge in [0.15, 0.2) is 0 Å². The lowest BCUT2D eigenvalue weighted by molar-refractivity contribution is 0.379. The molecule has 1 aliphatic rings. The van der Waals surface area contributed by atoms with E-state index in [9.17, 15) is 0 Å². The van der Waals surface area contributed by atoms with Crippen molar-refractivity contribution in [3.63, 3.8) is 0 Å². The van der Waals surface area contributed by atoms with E-state index in [1.807, 2.05) is 24.1 Å². The fraction of sp³-hybridized carbons (Fsp3) is 0.667. The van der Waals surface area contributed by atoms with Crippen LogP contribution >= 0.6 is 11.8 Å². The zero-order chi connectivity index (χ0) is 10.5. The van der Waals surface area contributed by atoms with Crippen LogP contribution in [-0.4, -0.2) is 17.5 Å². The molecular weight excluding hydrogens is 206 g/mol. The van der Waals surface area contributed by atoms with Crippen LogP contribution in [0.3, 0.4) is 0 Å². The average molecular weight is 225 g/mol. The van der Waals surface area contributed by atoms with Gasteiger partial charge in [-0.1, -0.05) is 6.42 Å². The summed E-state index contributed by atoms with van der Waals surface area (Å²) in [5.74, 6) is 0. The second-order valence-corrected chi connectivity index (χ2v) is 5.37. The topological polar surface area (TPSA) is 25.2 Å². The molecule has 0 amide bonds. The second-order valence-electron chi connectivity index (χ2n) is 4.23. The Morgan fingerprint density at radius 3 is 3.20 bits per heavy atom. The maximum absolute atomic E-state index is 5.05. The molecule has 0 aliphatic heterocycles. The molecular formula is C12H19NOS. The predicted molar refractivity (Wildman–Crippen MR) is 65.1 cm³/mol. The summed E-state index contributed by atoms with van der Waals surface area (Å²) in [6.45, 7) is 0.947. The Morgan fingerprint density at radius 1 is 1.53 bits per heavy atom. The number of hydrogen-bond acceptors (Lipinski definition) is 3. The summed E-state index contributed by atoms with van der Waals surface area (Å²) >= 11 is 2.01. The summed E-state index contributed by atoms with van der Waals surface area (Å²) in [5, 5.41) is 4.48. The van der Waals surface area contributed by atoms with Gasteiger partial charge in [-0.2, -0.15) is 11.8 Å². The molecule has 1 heterocycles. The Hall–Kier alpha value is -0.410. The van der Waals surface area contributed by atoms with Crippen LogP contribution in [0.4, 0.5) is 0 Å². The molecule has 1 aromatic heterocycles. The number of hydrogen-bond donors (Lipinski definition) is 1. The summed E-state index contributed by atoms with van der Waals surface area (Å²) in [4.78, 5) is 0. The van der Waals surface area contributed by atoms with Crippen LogP contribution in [0, 0.1) is 0 Å². The highest BCUT2D eigenvalue weighted by molar-refractivity contribution is 7.99. The Kier molecular flexibility index (Phi) is 4.15. The van der Waals surface area contributed by atoms with E-state index in [1.165, 1.54) is 31.2 Å². The van der Waals surface area contributed by atoms with Gasteiger partial charge in [0.25, 0.3) is 0 Å². The van der Waals surface area contributed by atoms with E-state index < -0.39 is 0 Å². The molecule has 1 fully saturated rings. The van der Waals surface area contributed by atoms with Crippen molar-refractivity contribution in [1.29, 1.82) is 0 Å². The quantitative estimate of drug-likeness (QED) is 0.852. The number of furan rings is 1. The predicted octanol–water partition coefficient (Wildman–Crippen LogP) is 3.04. The van der Waals surface area contributed by atoms with Crippen LogP contribution in [0.25, 0.3) is 0 Å². The van der Waals surface area contributed by atoms with Crippen LogP contribution in [-0.2, 0) is 6.54 Å². The van der Waals surface area contributed by atoms with Crippen LogP contribution in [0.2, 0.25) is 0 Å². The van der Waals surface area contributed by atoms with Gasteiger partial charge in [-0.15, -0.1) is 0 Å². The summed E-state index contributed by atoms with van der Waals surface area (Å²) < 4.78 is 5.05. The molecule has 0 radical (unpaired) electrons. The van der Waals surface area contributed by atoms with E-state index >= 15 is 0 Å². The molecule has 2 atom stereocenters. The van der Waals surface area contributed by atoms with Crippen molar-refractivity contribution in [2.24, 2.45) is 0 Å². The third-order valence-electron chi connectivity index (χ3n) is 3.13. The maximum atomic E-state index is 5.05. The van der Waals surface area contributed by atoms with Crippen molar-refractivity contribution in [3.8, 4) is 0 Å². The Balaban J connectivity index is 1.74. The van der Waals surface area contributed by atoms with Crippen LogP contribution in [0.5, 0.6) is 0 Å². The average Bonchev–Trinajstić information content (AvgIpc) is 2.79. The van der Waals surface area contributed by atoms with Crippen molar-refractivity contribution in [2.45, 2.75) is 43.5 Å². The molecule has 3 heteroatoms. The van der Waals surface area contributed by atoms with Gasteiger partial charge in [0, 0.05) is 23.4 Å². The van der Waals surface area contributed by atoms with Gasteiger partial charge in [0.05, 0.1) is 12.5 Å². The Labute approximate surface area is 95.8 Å². The summed E-state index contributed by atoms with van der Waals surface area (Å²) in [7, 11) is 0. The molecule has 2 rings (SSSR count). The molecule has 0 spiro atoms. The molecule has 2 unspecified atom stereocenters. The van der Waals surface area contributed by atoms with Gasteiger partial charge < -0.3 is 9.73 Å². The lowest BCUT2D eigenvalue weighted by Gasteiger charge is -2.28. The van der Waals surface area contributed by atoms with Crippen molar-refractivity contribution >= 4 is 11.8 Å². The first-order valence-corrected chi connectivity index (χ1v) is 6.94. The molecule has 0 aromatic carbocycles. The van der Waals surface area contributed by atoms with Crippen molar-refractivity contribution in [1.82, 2.24) is 5.32 Å². The Morgan fingerprint density at radius 2 is 2.47 bits per heavy atom. The van der Waals surface area contributed by atoms with E-state index in [4.69, 9.17) is 4.42 Å². The highest BCUT2D eigenvalue weighted by atomic mass is 32.2. The largest absolute Gasteiger partial charge is 0.472 e. The zero-order valence-electron chi connectivity index (χ0n) is 9.24. The molecule has 1 saturated carbocycles. The first-order valence-electron chi connectivity index (χ1n) is 5.65. The van der Waals surface area contributed by atoms with Crippen molar-refractivity contribution in [2.75, 3.05) is 6.26 Å². The van der Waals surface area contributed by atoms with Crippen molar-refractivity contribution < 1.29 is 4.42 Å². The second kappa shape index (κ2) is 5.61. The van der Waals surface area contributed by atoms with Gasteiger partial charge in [0.2, 0.25) is 0 Å². The fourth-order valence-corrected chi connectivity index (χ4v) is 3.03.